The van der Waals surface area contributed by atoms with Crippen molar-refractivity contribution in [3.8, 4) is 6.07 Å². The van der Waals surface area contributed by atoms with Gasteiger partial charge < -0.3 is 14.9 Å². The summed E-state index contributed by atoms with van der Waals surface area (Å²) < 4.78 is 28.7. The van der Waals surface area contributed by atoms with Crippen LogP contribution in [0.3, 0.4) is 0 Å². The normalized spacial score (nSPS) is 21.4. The molecule has 39 heavy (non-hydrogen) atoms. The van der Waals surface area contributed by atoms with E-state index in [-0.39, 0.29) is 28.9 Å². The van der Waals surface area contributed by atoms with Crippen molar-refractivity contribution in [2.75, 3.05) is 45.2 Å². The van der Waals surface area contributed by atoms with E-state index in [0.717, 1.165) is 17.2 Å². The lowest BCUT2D eigenvalue weighted by Gasteiger charge is -2.37. The van der Waals surface area contributed by atoms with Crippen LogP contribution in [0.2, 0.25) is 0 Å². The van der Waals surface area contributed by atoms with Gasteiger partial charge in [-0.25, -0.2) is 33.3 Å². The summed E-state index contributed by atoms with van der Waals surface area (Å²) in [4.78, 5) is 39.8. The van der Waals surface area contributed by atoms with Gasteiger partial charge in [-0.05, 0) is 29.8 Å². The van der Waals surface area contributed by atoms with Crippen molar-refractivity contribution in [2.45, 2.75) is 18.7 Å². The van der Waals surface area contributed by atoms with Crippen LogP contribution >= 0.6 is 0 Å². The van der Waals surface area contributed by atoms with Crippen LogP contribution < -0.4 is 4.90 Å². The minimum Gasteiger partial charge on any atom is -0.370 e. The van der Waals surface area contributed by atoms with Crippen LogP contribution in [0.1, 0.15) is 29.3 Å². The second kappa shape index (κ2) is 10.3. The number of nitrogens with zero attached hydrogens (tertiary/aromatic N) is 9. The predicted molar refractivity (Wildman–Crippen MR) is 135 cm³/mol. The summed E-state index contributed by atoms with van der Waals surface area (Å²) in [6, 6.07) is 4.50. The highest BCUT2D eigenvalue weighted by Gasteiger charge is 2.35. The van der Waals surface area contributed by atoms with E-state index < -0.39 is 29.9 Å². The Hall–Kier alpha value is -4.64. The molecule has 2 atom stereocenters. The number of carbonyl (C=O) groups is 2. The number of nitriles is 1. The number of likely N-dealkylation sites (N-methyl/N-ethyl adjacent to an activating group) is 1. The van der Waals surface area contributed by atoms with Gasteiger partial charge in [0, 0.05) is 52.9 Å². The molecule has 2 aromatic rings. The van der Waals surface area contributed by atoms with E-state index >= 15 is 0 Å². The molecule has 14 heteroatoms. The van der Waals surface area contributed by atoms with Gasteiger partial charge in [0.25, 0.3) is 0 Å². The number of hydrogen-bond donors (Lipinski definition) is 1. The maximum atomic E-state index is 14.7. The molecule has 3 aliphatic heterocycles. The Morgan fingerprint density at radius 3 is 2.62 bits per heavy atom. The second-order valence-electron chi connectivity index (χ2n) is 9.32. The van der Waals surface area contributed by atoms with Crippen molar-refractivity contribution < 1.29 is 23.5 Å². The van der Waals surface area contributed by atoms with E-state index in [0.29, 0.717) is 38.2 Å². The molecule has 1 aromatic heterocycles. The van der Waals surface area contributed by atoms with Crippen LogP contribution in [-0.4, -0.2) is 99.6 Å². The highest BCUT2D eigenvalue weighted by molar-refractivity contribution is 5.87. The average Bonchev–Trinajstić information content (AvgIpc) is 3.44. The van der Waals surface area contributed by atoms with Crippen LogP contribution in [-0.2, 0) is 0 Å². The van der Waals surface area contributed by atoms with Gasteiger partial charge in [0.1, 0.15) is 11.5 Å². The molecular formula is C25H25F2N9O3. The summed E-state index contributed by atoms with van der Waals surface area (Å²) >= 11 is 0. The first-order valence-corrected chi connectivity index (χ1v) is 12.2. The predicted octanol–water partition coefficient (Wildman–Crippen LogP) is 1.96. The zero-order valence-corrected chi connectivity index (χ0v) is 21.2. The molecule has 202 valence electrons. The number of urea groups is 2. The lowest BCUT2D eigenvalue weighted by Crippen LogP contribution is -2.52. The standard InChI is InChI=1S/C25H25F2N9O3/c1-32-20(12-21(37)33(2)24(32)38)22-18(27)14-29-23(31-22)34-5-7-35(8-6-34)25(39)36-19(3-4-30-36)16-9-15(13-28)10-17(26)11-16/h4,9-12,14,19,21,37H,3,5-8H2,1-2H3/t19-,21?/m0/s1. The molecule has 1 N–H and O–H groups in total. The van der Waals surface area contributed by atoms with Crippen LogP contribution in [0, 0.1) is 23.0 Å². The number of rotatable bonds is 3. The maximum absolute atomic E-state index is 14.7. The van der Waals surface area contributed by atoms with Crippen molar-refractivity contribution in [1.82, 2.24) is 29.7 Å². The first kappa shape index (κ1) is 26.0. The quantitative estimate of drug-likeness (QED) is 0.633. The van der Waals surface area contributed by atoms with Gasteiger partial charge in [0.05, 0.1) is 29.6 Å². The zero-order valence-electron chi connectivity index (χ0n) is 21.2. The Morgan fingerprint density at radius 2 is 1.90 bits per heavy atom. The number of carbonyl (C=O) groups excluding carboxylic acids is 2. The van der Waals surface area contributed by atoms with Crippen molar-refractivity contribution in [2.24, 2.45) is 5.10 Å². The van der Waals surface area contributed by atoms with E-state index in [4.69, 9.17) is 0 Å². The second-order valence-corrected chi connectivity index (χ2v) is 9.32. The smallest absolute Gasteiger partial charge is 0.341 e. The fraction of sp³-hybridized carbons (Fsp3) is 0.360. The van der Waals surface area contributed by atoms with E-state index in [1.807, 2.05) is 6.07 Å². The van der Waals surface area contributed by atoms with Crippen molar-refractivity contribution >= 4 is 29.9 Å². The lowest BCUT2D eigenvalue weighted by atomic mass is 10.0. The van der Waals surface area contributed by atoms with E-state index in [2.05, 4.69) is 15.1 Å². The fourth-order valence-electron chi connectivity index (χ4n) is 4.73. The Morgan fingerprint density at radius 1 is 1.15 bits per heavy atom. The number of halogens is 2. The molecule has 12 nitrogen and oxygen atoms in total. The molecule has 0 saturated carbocycles. The molecule has 4 heterocycles. The van der Waals surface area contributed by atoms with Gasteiger partial charge in [-0.15, -0.1) is 0 Å². The number of hydrazone groups is 1. The monoisotopic (exact) mass is 537 g/mol. The van der Waals surface area contributed by atoms with Crippen LogP contribution in [0.25, 0.3) is 5.70 Å². The minimum absolute atomic E-state index is 0.121. The van der Waals surface area contributed by atoms with Gasteiger partial charge in [-0.2, -0.15) is 10.4 Å². The number of aromatic nitrogens is 2. The van der Waals surface area contributed by atoms with Gasteiger partial charge in [0.2, 0.25) is 5.95 Å². The molecule has 3 aliphatic rings. The van der Waals surface area contributed by atoms with Crippen LogP contribution in [0.15, 0.2) is 35.6 Å². The minimum atomic E-state index is -1.23. The van der Waals surface area contributed by atoms with Crippen LogP contribution in [0.5, 0.6) is 0 Å². The number of benzene rings is 1. The number of piperazine rings is 1. The topological polar surface area (TPSA) is 132 Å². The van der Waals surface area contributed by atoms with Crippen molar-refractivity contribution in [1.29, 1.82) is 5.26 Å². The van der Waals surface area contributed by atoms with Gasteiger partial charge in [-0.1, -0.05) is 0 Å². The molecule has 0 aliphatic carbocycles. The van der Waals surface area contributed by atoms with Crippen molar-refractivity contribution in [3.63, 3.8) is 0 Å². The van der Waals surface area contributed by atoms with E-state index in [1.54, 1.807) is 22.1 Å². The zero-order chi connectivity index (χ0) is 27.8. The maximum Gasteiger partial charge on any atom is 0.341 e. The highest BCUT2D eigenvalue weighted by Crippen LogP contribution is 2.31. The molecule has 1 aromatic carbocycles. The molecular weight excluding hydrogens is 512 g/mol. The molecule has 5 rings (SSSR count). The summed E-state index contributed by atoms with van der Waals surface area (Å²) in [5, 5.41) is 24.8. The third-order valence-corrected chi connectivity index (χ3v) is 6.92. The summed E-state index contributed by atoms with van der Waals surface area (Å²) in [6.07, 6.45) is 3.09. The SMILES string of the molecule is CN1C(=O)N(C)C(O)C=C1c1nc(N2CCN(C(=O)N3N=CC[C@H]3c3cc(F)cc(C#N)c3)CC2)ncc1F. The number of anilines is 1. The van der Waals surface area contributed by atoms with E-state index in [9.17, 15) is 28.7 Å². The Balaban J connectivity index is 1.29. The average molecular weight is 538 g/mol. The third-order valence-electron chi connectivity index (χ3n) is 6.92. The summed E-state index contributed by atoms with van der Waals surface area (Å²) in [5.41, 5.74) is 0.649. The Labute approximate surface area is 222 Å². The number of aliphatic hydroxyl groups is 1. The number of aliphatic hydroxyl groups excluding tert-OH is 1. The van der Waals surface area contributed by atoms with E-state index in [1.165, 1.54) is 36.1 Å². The lowest BCUT2D eigenvalue weighted by molar-refractivity contribution is 0.0680. The first-order valence-electron chi connectivity index (χ1n) is 12.2. The summed E-state index contributed by atoms with van der Waals surface area (Å²) in [5.74, 6) is -1.09. The molecule has 1 unspecified atom stereocenters. The Bertz CT molecular complexity index is 1420. The largest absolute Gasteiger partial charge is 0.370 e. The highest BCUT2D eigenvalue weighted by atomic mass is 19.1. The van der Waals surface area contributed by atoms with Gasteiger partial charge in [-0.3, -0.25) is 9.80 Å². The number of hydrogen-bond acceptors (Lipinski definition) is 8. The molecule has 4 amide bonds. The fourth-order valence-corrected chi connectivity index (χ4v) is 4.73. The Kier molecular flexibility index (Phi) is 6.83. The summed E-state index contributed by atoms with van der Waals surface area (Å²) in [6.45, 7) is 1.28. The molecule has 1 fully saturated rings. The van der Waals surface area contributed by atoms with Gasteiger partial charge >= 0.3 is 12.1 Å². The molecule has 0 radical (unpaired) electrons. The first-order chi connectivity index (χ1) is 18.7. The van der Waals surface area contributed by atoms with Crippen LogP contribution in [0.4, 0.5) is 24.3 Å². The molecule has 0 spiro atoms. The third kappa shape index (κ3) is 4.84. The van der Waals surface area contributed by atoms with Gasteiger partial charge in [0.15, 0.2) is 12.0 Å². The molecule has 0 bridgehead atoms. The number of amides is 4. The van der Waals surface area contributed by atoms with Crippen molar-refractivity contribution in [3.05, 3.63) is 58.9 Å². The molecule has 1 saturated heterocycles. The summed E-state index contributed by atoms with van der Waals surface area (Å²) in [7, 11) is 2.89.